The average molecular weight is 246 g/mol. The largest absolute Gasteiger partial charge is 0.295 e. The molecule has 0 amide bonds. The van der Waals surface area contributed by atoms with Crippen molar-refractivity contribution in [2.45, 2.75) is 25.8 Å². The predicted octanol–water partition coefficient (Wildman–Crippen LogP) is 3.09. The van der Waals surface area contributed by atoms with Crippen molar-refractivity contribution in [1.82, 2.24) is 4.90 Å². The molecule has 0 saturated heterocycles. The summed E-state index contributed by atoms with van der Waals surface area (Å²) in [4.78, 5) is 12.8. The Morgan fingerprint density at radius 3 is 3.00 bits per heavy atom. The van der Waals surface area contributed by atoms with Crippen molar-refractivity contribution in [2.24, 2.45) is 0 Å². The van der Waals surface area contributed by atoms with Crippen LogP contribution in [0.25, 0.3) is 0 Å². The van der Waals surface area contributed by atoms with Crippen molar-refractivity contribution in [3.05, 3.63) is 52.1 Å². The van der Waals surface area contributed by atoms with Gasteiger partial charge in [0.2, 0.25) is 0 Å². The van der Waals surface area contributed by atoms with Crippen molar-refractivity contribution in [1.29, 1.82) is 0 Å². The Bertz CT molecular complexity index is 471. The Morgan fingerprint density at radius 1 is 1.61 bits per heavy atom. The van der Waals surface area contributed by atoms with Gasteiger partial charge in [-0.1, -0.05) is 19.1 Å². The maximum absolute atomic E-state index is 10.8. The first-order valence-corrected chi connectivity index (χ1v) is 6.26. The van der Waals surface area contributed by atoms with Gasteiger partial charge in [-0.25, -0.2) is 0 Å². The maximum Gasteiger partial charge on any atom is 0.269 e. The van der Waals surface area contributed by atoms with E-state index in [1.54, 1.807) is 12.1 Å². The minimum Gasteiger partial charge on any atom is -0.295 e. The normalized spacial score (nSPS) is 19.3. The van der Waals surface area contributed by atoms with Gasteiger partial charge in [-0.3, -0.25) is 15.0 Å². The van der Waals surface area contributed by atoms with E-state index < -0.39 is 0 Å². The van der Waals surface area contributed by atoms with Gasteiger partial charge >= 0.3 is 0 Å². The molecular weight excluding hydrogens is 228 g/mol. The summed E-state index contributed by atoms with van der Waals surface area (Å²) in [6, 6.07) is 5.24. The smallest absolute Gasteiger partial charge is 0.269 e. The lowest BCUT2D eigenvalue weighted by molar-refractivity contribution is -0.385. The summed E-state index contributed by atoms with van der Waals surface area (Å²) >= 11 is 0. The first-order valence-electron chi connectivity index (χ1n) is 6.26. The zero-order valence-corrected chi connectivity index (χ0v) is 10.6. The molecule has 4 nitrogen and oxygen atoms in total. The highest BCUT2D eigenvalue weighted by Gasteiger charge is 2.25. The lowest BCUT2D eigenvalue weighted by Crippen LogP contribution is -2.33. The van der Waals surface area contributed by atoms with Crippen LogP contribution in [0, 0.1) is 10.1 Å². The molecule has 0 unspecified atom stereocenters. The van der Waals surface area contributed by atoms with E-state index in [2.05, 4.69) is 18.4 Å². The molecule has 0 bridgehead atoms. The summed E-state index contributed by atoms with van der Waals surface area (Å²) in [6.07, 6.45) is 2.91. The van der Waals surface area contributed by atoms with Gasteiger partial charge in [0.15, 0.2) is 0 Å². The fraction of sp³-hybridized carbons (Fsp3) is 0.429. The van der Waals surface area contributed by atoms with Crippen LogP contribution in [0.2, 0.25) is 0 Å². The second-order valence-electron chi connectivity index (χ2n) is 4.73. The third-order valence-corrected chi connectivity index (χ3v) is 3.53. The number of hydrogen-bond donors (Lipinski definition) is 0. The van der Waals surface area contributed by atoms with Crippen molar-refractivity contribution in [3.8, 4) is 0 Å². The molecule has 1 aliphatic rings. The molecule has 0 aliphatic carbocycles. The number of hydrogen-bond acceptors (Lipinski definition) is 3. The van der Waals surface area contributed by atoms with E-state index in [0.29, 0.717) is 5.92 Å². The van der Waals surface area contributed by atoms with Crippen molar-refractivity contribution in [3.63, 3.8) is 0 Å². The summed E-state index contributed by atoms with van der Waals surface area (Å²) < 4.78 is 0. The molecule has 1 atom stereocenters. The molecule has 0 spiro atoms. The molecule has 1 aromatic carbocycles. The van der Waals surface area contributed by atoms with Crippen LogP contribution < -0.4 is 0 Å². The molecule has 96 valence electrons. The second kappa shape index (κ2) is 5.31. The molecular formula is C14H18N2O2. The molecule has 0 saturated carbocycles. The fourth-order valence-corrected chi connectivity index (χ4v) is 2.61. The molecule has 1 heterocycles. The summed E-state index contributed by atoms with van der Waals surface area (Å²) in [7, 11) is 0. The van der Waals surface area contributed by atoms with Crippen LogP contribution in [0.15, 0.2) is 30.9 Å². The number of nitro groups is 1. The molecule has 2 rings (SSSR count). The first kappa shape index (κ1) is 12.8. The number of nitrogens with zero attached hydrogens (tertiary/aromatic N) is 2. The van der Waals surface area contributed by atoms with Crippen LogP contribution in [0.4, 0.5) is 5.69 Å². The lowest BCUT2D eigenvalue weighted by Gasteiger charge is -2.33. The topological polar surface area (TPSA) is 46.4 Å². The highest BCUT2D eigenvalue weighted by molar-refractivity contribution is 5.43. The Balaban J connectivity index is 2.34. The predicted molar refractivity (Wildman–Crippen MR) is 71.6 cm³/mol. The van der Waals surface area contributed by atoms with E-state index >= 15 is 0 Å². The van der Waals surface area contributed by atoms with Crippen molar-refractivity contribution >= 4 is 5.69 Å². The molecule has 0 aromatic heterocycles. The molecule has 0 N–H and O–H groups in total. The van der Waals surface area contributed by atoms with Crippen LogP contribution in [0.3, 0.4) is 0 Å². The Hall–Kier alpha value is -1.68. The van der Waals surface area contributed by atoms with E-state index in [4.69, 9.17) is 0 Å². The van der Waals surface area contributed by atoms with E-state index in [9.17, 15) is 10.1 Å². The Morgan fingerprint density at radius 2 is 2.39 bits per heavy atom. The van der Waals surface area contributed by atoms with Crippen LogP contribution >= 0.6 is 0 Å². The van der Waals surface area contributed by atoms with Crippen LogP contribution in [0.5, 0.6) is 0 Å². The number of benzene rings is 1. The minimum atomic E-state index is -0.316. The standard InChI is InChI=1S/C14H18N2O2/c1-3-7-15-9-11(4-2)14-8-13(16(17)18)6-5-12(14)10-15/h3,5-6,8,11H,1,4,7,9-10H2,2H3/t11-/m0/s1. The van der Waals surface area contributed by atoms with Crippen molar-refractivity contribution in [2.75, 3.05) is 13.1 Å². The van der Waals surface area contributed by atoms with E-state index in [-0.39, 0.29) is 10.6 Å². The van der Waals surface area contributed by atoms with Gasteiger partial charge in [-0.15, -0.1) is 6.58 Å². The fourth-order valence-electron chi connectivity index (χ4n) is 2.61. The van der Waals surface area contributed by atoms with Crippen LogP contribution in [-0.4, -0.2) is 22.9 Å². The van der Waals surface area contributed by atoms with Crippen LogP contribution in [0.1, 0.15) is 30.4 Å². The quantitative estimate of drug-likeness (QED) is 0.466. The van der Waals surface area contributed by atoms with Gasteiger partial charge in [-0.2, -0.15) is 0 Å². The molecule has 0 fully saturated rings. The highest BCUT2D eigenvalue weighted by Crippen LogP contribution is 2.32. The van der Waals surface area contributed by atoms with Gasteiger partial charge in [0, 0.05) is 31.8 Å². The molecule has 4 heteroatoms. The molecule has 0 radical (unpaired) electrons. The van der Waals surface area contributed by atoms with E-state index in [1.165, 1.54) is 5.56 Å². The third kappa shape index (κ3) is 2.43. The van der Waals surface area contributed by atoms with Gasteiger partial charge in [0.1, 0.15) is 0 Å². The minimum absolute atomic E-state index is 0.198. The molecule has 1 aromatic rings. The Kier molecular flexibility index (Phi) is 3.77. The Labute approximate surface area is 107 Å². The summed E-state index contributed by atoms with van der Waals surface area (Å²) in [5.74, 6) is 0.383. The van der Waals surface area contributed by atoms with E-state index in [1.807, 2.05) is 12.1 Å². The monoisotopic (exact) mass is 246 g/mol. The van der Waals surface area contributed by atoms with Crippen molar-refractivity contribution < 1.29 is 4.92 Å². The average Bonchev–Trinajstić information content (AvgIpc) is 2.37. The summed E-state index contributed by atoms with van der Waals surface area (Å²) in [6.45, 7) is 8.58. The van der Waals surface area contributed by atoms with E-state index in [0.717, 1.165) is 31.6 Å². The second-order valence-corrected chi connectivity index (χ2v) is 4.73. The molecule has 1 aliphatic heterocycles. The maximum atomic E-state index is 10.8. The van der Waals surface area contributed by atoms with Crippen LogP contribution in [-0.2, 0) is 6.54 Å². The third-order valence-electron chi connectivity index (χ3n) is 3.53. The van der Waals surface area contributed by atoms with Gasteiger partial charge < -0.3 is 0 Å². The van der Waals surface area contributed by atoms with Gasteiger partial charge in [0.25, 0.3) is 5.69 Å². The molecule has 18 heavy (non-hydrogen) atoms. The SMILES string of the molecule is C=CCN1Cc2ccc([N+](=O)[O-])cc2[C@@H](CC)C1. The van der Waals surface area contributed by atoms with Gasteiger partial charge in [0.05, 0.1) is 4.92 Å². The van der Waals surface area contributed by atoms with Gasteiger partial charge in [-0.05, 0) is 23.5 Å². The number of fused-ring (bicyclic) bond motifs is 1. The zero-order chi connectivity index (χ0) is 13.1. The number of nitro benzene ring substituents is 1. The summed E-state index contributed by atoms with van der Waals surface area (Å²) in [5, 5.41) is 10.8. The first-order chi connectivity index (χ1) is 8.65. The summed E-state index contributed by atoms with van der Waals surface area (Å²) in [5.41, 5.74) is 2.55. The zero-order valence-electron chi connectivity index (χ0n) is 10.6. The lowest BCUT2D eigenvalue weighted by atomic mass is 9.87. The number of rotatable bonds is 4. The highest BCUT2D eigenvalue weighted by atomic mass is 16.6. The number of non-ortho nitro benzene ring substituents is 1.